The van der Waals surface area contributed by atoms with E-state index in [1.807, 2.05) is 0 Å². The topological polar surface area (TPSA) is 75.4 Å². The van der Waals surface area contributed by atoms with E-state index in [0.29, 0.717) is 12.8 Å². The number of carbonyl (C=O) groups excluding carboxylic acids is 1. The number of hydrogen-bond acceptors (Lipinski definition) is 3. The summed E-state index contributed by atoms with van der Waals surface area (Å²) in [5, 5.41) is 12.3. The first kappa shape index (κ1) is 12.8. The van der Waals surface area contributed by atoms with Crippen molar-refractivity contribution >= 4 is 11.6 Å². The van der Waals surface area contributed by atoms with E-state index in [4.69, 9.17) is 5.73 Å². The van der Waals surface area contributed by atoms with Gasteiger partial charge >= 0.3 is 0 Å². The molecular formula is C12H14F2N2O2. The number of hydrogen-bond donors (Lipinski definition) is 3. The van der Waals surface area contributed by atoms with Crippen LogP contribution in [-0.4, -0.2) is 23.2 Å². The summed E-state index contributed by atoms with van der Waals surface area (Å²) in [4.78, 5) is 11.7. The van der Waals surface area contributed by atoms with E-state index in [1.54, 1.807) is 0 Å². The van der Waals surface area contributed by atoms with Gasteiger partial charge in [0.25, 0.3) is 5.91 Å². The normalized spacial score (nSPS) is 17.1. The fraction of sp³-hybridized carbons (Fsp3) is 0.417. The van der Waals surface area contributed by atoms with Gasteiger partial charge in [-0.25, -0.2) is 8.78 Å². The molecule has 1 saturated carbocycles. The molecule has 1 fully saturated rings. The molecule has 6 heteroatoms. The average Bonchev–Trinajstić information content (AvgIpc) is 2.28. The van der Waals surface area contributed by atoms with Crippen molar-refractivity contribution in [1.29, 1.82) is 0 Å². The lowest BCUT2D eigenvalue weighted by molar-refractivity contribution is -0.0300. The van der Waals surface area contributed by atoms with Crippen LogP contribution in [0.5, 0.6) is 0 Å². The summed E-state index contributed by atoms with van der Waals surface area (Å²) in [6.45, 7) is 0.0876. The second-order valence-electron chi connectivity index (χ2n) is 4.61. The number of nitrogens with one attached hydrogen (secondary N) is 1. The minimum absolute atomic E-state index is 0.0876. The highest BCUT2D eigenvalue weighted by atomic mass is 19.2. The van der Waals surface area contributed by atoms with Gasteiger partial charge in [-0.15, -0.1) is 0 Å². The van der Waals surface area contributed by atoms with Crippen LogP contribution >= 0.6 is 0 Å². The Bertz CT molecular complexity index is 487. The van der Waals surface area contributed by atoms with Crippen LogP contribution in [0.25, 0.3) is 0 Å². The maximum absolute atomic E-state index is 13.0. The van der Waals surface area contributed by atoms with Gasteiger partial charge in [-0.2, -0.15) is 0 Å². The van der Waals surface area contributed by atoms with Gasteiger partial charge in [-0.05, 0) is 25.3 Å². The molecule has 0 unspecified atom stereocenters. The summed E-state index contributed by atoms with van der Waals surface area (Å²) < 4.78 is 25.8. The van der Waals surface area contributed by atoms with Gasteiger partial charge in [0.15, 0.2) is 11.6 Å². The molecule has 1 aromatic rings. The highest BCUT2D eigenvalue weighted by Gasteiger charge is 2.34. The summed E-state index contributed by atoms with van der Waals surface area (Å²) in [6.07, 6.45) is 2.17. The van der Waals surface area contributed by atoms with Gasteiger partial charge < -0.3 is 16.2 Å². The van der Waals surface area contributed by atoms with Crippen LogP contribution in [0.4, 0.5) is 14.5 Å². The maximum atomic E-state index is 13.0. The number of nitrogen functional groups attached to an aromatic ring is 1. The first-order valence-electron chi connectivity index (χ1n) is 5.66. The van der Waals surface area contributed by atoms with Gasteiger partial charge in [0.05, 0.1) is 11.2 Å². The molecule has 0 spiro atoms. The van der Waals surface area contributed by atoms with Crippen LogP contribution < -0.4 is 11.1 Å². The third-order valence-electron chi connectivity index (χ3n) is 3.20. The Labute approximate surface area is 103 Å². The van der Waals surface area contributed by atoms with E-state index >= 15 is 0 Å². The van der Waals surface area contributed by atoms with E-state index in [1.165, 1.54) is 0 Å². The minimum Gasteiger partial charge on any atom is -0.398 e. The molecule has 0 aromatic heterocycles. The largest absolute Gasteiger partial charge is 0.398 e. The number of anilines is 1. The zero-order chi connectivity index (χ0) is 13.3. The SMILES string of the molecule is Nc1cc(F)c(F)cc1C(=O)NCC1(O)CCC1. The molecule has 0 atom stereocenters. The molecule has 1 aromatic carbocycles. The summed E-state index contributed by atoms with van der Waals surface area (Å²) in [7, 11) is 0. The van der Waals surface area contributed by atoms with Gasteiger partial charge in [0, 0.05) is 18.3 Å². The molecule has 0 aliphatic heterocycles. The van der Waals surface area contributed by atoms with E-state index in [0.717, 1.165) is 18.6 Å². The van der Waals surface area contributed by atoms with Crippen molar-refractivity contribution in [2.45, 2.75) is 24.9 Å². The van der Waals surface area contributed by atoms with Crippen molar-refractivity contribution in [1.82, 2.24) is 5.32 Å². The van der Waals surface area contributed by atoms with Crippen LogP contribution in [0.2, 0.25) is 0 Å². The lowest BCUT2D eigenvalue weighted by atomic mass is 9.80. The second-order valence-corrected chi connectivity index (χ2v) is 4.61. The van der Waals surface area contributed by atoms with Crippen molar-refractivity contribution in [3.63, 3.8) is 0 Å². The highest BCUT2D eigenvalue weighted by Crippen LogP contribution is 2.30. The first-order valence-corrected chi connectivity index (χ1v) is 5.66. The molecule has 0 heterocycles. The third-order valence-corrected chi connectivity index (χ3v) is 3.20. The molecule has 2 rings (SSSR count). The molecule has 4 N–H and O–H groups in total. The van der Waals surface area contributed by atoms with Crippen molar-refractivity contribution in [2.75, 3.05) is 12.3 Å². The molecule has 0 bridgehead atoms. The Hall–Kier alpha value is -1.69. The quantitative estimate of drug-likeness (QED) is 0.711. The predicted molar refractivity (Wildman–Crippen MR) is 61.9 cm³/mol. The summed E-state index contributed by atoms with van der Waals surface area (Å²) >= 11 is 0. The minimum atomic E-state index is -1.13. The molecule has 4 nitrogen and oxygen atoms in total. The molecule has 1 aliphatic carbocycles. The maximum Gasteiger partial charge on any atom is 0.253 e. The van der Waals surface area contributed by atoms with Crippen LogP contribution in [0.1, 0.15) is 29.6 Å². The average molecular weight is 256 g/mol. The second kappa shape index (κ2) is 4.53. The van der Waals surface area contributed by atoms with Crippen molar-refractivity contribution in [2.24, 2.45) is 0 Å². The summed E-state index contributed by atoms with van der Waals surface area (Å²) in [5.41, 5.74) is 4.31. The number of aliphatic hydroxyl groups is 1. The van der Waals surface area contributed by atoms with Crippen LogP contribution in [0.15, 0.2) is 12.1 Å². The number of carbonyl (C=O) groups is 1. The Morgan fingerprint density at radius 3 is 2.56 bits per heavy atom. The van der Waals surface area contributed by atoms with Gasteiger partial charge in [-0.3, -0.25) is 4.79 Å². The van der Waals surface area contributed by atoms with E-state index < -0.39 is 23.1 Å². The van der Waals surface area contributed by atoms with Gasteiger partial charge in [0.1, 0.15) is 0 Å². The Kier molecular flexibility index (Phi) is 3.21. The predicted octanol–water partition coefficient (Wildman–Crippen LogP) is 1.19. The summed E-state index contributed by atoms with van der Waals surface area (Å²) in [5.74, 6) is -2.84. The standard InChI is InChI=1S/C12H14F2N2O2/c13-8-4-7(10(15)5-9(8)14)11(17)16-6-12(18)2-1-3-12/h4-5,18H,1-3,6,15H2,(H,16,17). The number of benzene rings is 1. The molecule has 0 saturated heterocycles. The Morgan fingerprint density at radius 1 is 1.39 bits per heavy atom. The zero-order valence-corrected chi connectivity index (χ0v) is 9.67. The zero-order valence-electron chi connectivity index (χ0n) is 9.67. The molecule has 0 radical (unpaired) electrons. The number of nitrogens with two attached hydrogens (primary N) is 1. The number of halogens is 2. The summed E-state index contributed by atoms with van der Waals surface area (Å²) in [6, 6.07) is 1.52. The smallest absolute Gasteiger partial charge is 0.253 e. The fourth-order valence-corrected chi connectivity index (χ4v) is 1.86. The van der Waals surface area contributed by atoms with E-state index in [9.17, 15) is 18.7 Å². The fourth-order valence-electron chi connectivity index (χ4n) is 1.86. The first-order chi connectivity index (χ1) is 8.41. The Balaban J connectivity index is 2.06. The van der Waals surface area contributed by atoms with Gasteiger partial charge in [-0.1, -0.05) is 0 Å². The van der Waals surface area contributed by atoms with Gasteiger partial charge in [0.2, 0.25) is 0 Å². The van der Waals surface area contributed by atoms with Crippen LogP contribution in [0, 0.1) is 11.6 Å². The lowest BCUT2D eigenvalue weighted by Crippen LogP contribution is -2.47. The lowest BCUT2D eigenvalue weighted by Gasteiger charge is -2.36. The van der Waals surface area contributed by atoms with Crippen molar-refractivity contribution < 1.29 is 18.7 Å². The molecular weight excluding hydrogens is 242 g/mol. The molecule has 18 heavy (non-hydrogen) atoms. The monoisotopic (exact) mass is 256 g/mol. The van der Waals surface area contributed by atoms with Crippen LogP contribution in [0.3, 0.4) is 0 Å². The molecule has 1 aliphatic rings. The number of amides is 1. The number of rotatable bonds is 3. The molecule has 1 amide bonds. The highest BCUT2D eigenvalue weighted by molar-refractivity contribution is 5.99. The van der Waals surface area contributed by atoms with Crippen molar-refractivity contribution in [3.05, 3.63) is 29.3 Å². The van der Waals surface area contributed by atoms with Crippen LogP contribution in [-0.2, 0) is 0 Å². The molecule has 98 valence electrons. The third kappa shape index (κ3) is 2.43. The van der Waals surface area contributed by atoms with E-state index in [2.05, 4.69) is 5.32 Å². The van der Waals surface area contributed by atoms with Crippen molar-refractivity contribution in [3.8, 4) is 0 Å². The Morgan fingerprint density at radius 2 is 2.00 bits per heavy atom. The van der Waals surface area contributed by atoms with E-state index in [-0.39, 0.29) is 17.8 Å².